The second kappa shape index (κ2) is 5.85. The molecule has 2 aromatic carbocycles. The molecule has 0 spiro atoms. The number of benzene rings is 2. The zero-order valence-electron chi connectivity index (χ0n) is 12.1. The van der Waals surface area contributed by atoms with Gasteiger partial charge >= 0.3 is 0 Å². The van der Waals surface area contributed by atoms with Crippen molar-refractivity contribution in [1.29, 1.82) is 5.26 Å². The quantitative estimate of drug-likeness (QED) is 0.682. The number of nitriles is 1. The van der Waals surface area contributed by atoms with E-state index in [0.717, 1.165) is 35.8 Å². The lowest BCUT2D eigenvalue weighted by atomic mass is 10.0. The lowest BCUT2D eigenvalue weighted by molar-refractivity contribution is 0.592. The molecule has 0 aliphatic heterocycles. The van der Waals surface area contributed by atoms with E-state index < -0.39 is 0 Å². The second-order valence-corrected chi connectivity index (χ2v) is 5.26. The zero-order valence-corrected chi connectivity index (χ0v) is 12.1. The van der Waals surface area contributed by atoms with Gasteiger partial charge in [0.2, 0.25) is 5.76 Å². The van der Waals surface area contributed by atoms with Crippen LogP contribution in [-0.4, -0.2) is 0 Å². The van der Waals surface area contributed by atoms with Crippen LogP contribution in [0.3, 0.4) is 0 Å². The fourth-order valence-corrected chi connectivity index (χ4v) is 2.73. The van der Waals surface area contributed by atoms with E-state index in [4.69, 9.17) is 4.42 Å². The van der Waals surface area contributed by atoms with E-state index >= 15 is 0 Å². The number of hydrogen-bond donors (Lipinski definition) is 0. The molecule has 1 heterocycles. The first-order valence-corrected chi connectivity index (χ1v) is 7.30. The average molecular weight is 275 g/mol. The van der Waals surface area contributed by atoms with Gasteiger partial charge in [0, 0.05) is 10.9 Å². The highest BCUT2D eigenvalue weighted by Gasteiger charge is 2.13. The Bertz CT molecular complexity index is 794. The second-order valence-electron chi connectivity index (χ2n) is 5.26. The summed E-state index contributed by atoms with van der Waals surface area (Å²) in [5.41, 5.74) is 4.39. The Morgan fingerprint density at radius 3 is 2.57 bits per heavy atom. The number of rotatable bonds is 4. The number of aryl methyl sites for hydroxylation is 1. The van der Waals surface area contributed by atoms with Crippen molar-refractivity contribution >= 4 is 11.0 Å². The van der Waals surface area contributed by atoms with Gasteiger partial charge in [-0.1, -0.05) is 49.7 Å². The van der Waals surface area contributed by atoms with Crippen molar-refractivity contribution in [2.45, 2.75) is 26.2 Å². The molecule has 0 aliphatic carbocycles. The molecule has 0 radical (unpaired) electrons. The molecule has 0 amide bonds. The van der Waals surface area contributed by atoms with Crippen molar-refractivity contribution in [2.75, 3.05) is 0 Å². The Morgan fingerprint density at radius 2 is 1.86 bits per heavy atom. The van der Waals surface area contributed by atoms with Gasteiger partial charge < -0.3 is 4.42 Å². The third-order valence-electron chi connectivity index (χ3n) is 3.71. The fraction of sp³-hybridized carbons (Fsp3) is 0.211. The highest BCUT2D eigenvalue weighted by Crippen LogP contribution is 2.28. The van der Waals surface area contributed by atoms with E-state index in [-0.39, 0.29) is 0 Å². The molecule has 0 bridgehead atoms. The van der Waals surface area contributed by atoms with Gasteiger partial charge in [-0.25, -0.2) is 0 Å². The summed E-state index contributed by atoms with van der Waals surface area (Å²) in [6.07, 6.45) is 2.78. The van der Waals surface area contributed by atoms with E-state index in [0.29, 0.717) is 5.76 Å². The molecule has 3 rings (SSSR count). The Morgan fingerprint density at radius 1 is 1.05 bits per heavy atom. The smallest absolute Gasteiger partial charge is 0.207 e. The van der Waals surface area contributed by atoms with Gasteiger partial charge in [-0.05, 0) is 36.1 Å². The summed E-state index contributed by atoms with van der Waals surface area (Å²) in [6, 6.07) is 18.8. The third kappa shape index (κ3) is 2.68. The highest BCUT2D eigenvalue weighted by molar-refractivity contribution is 5.84. The minimum absolute atomic E-state index is 0.462. The van der Waals surface area contributed by atoms with Gasteiger partial charge in [0.15, 0.2) is 0 Å². The Kier molecular flexibility index (Phi) is 3.75. The zero-order chi connectivity index (χ0) is 14.7. The molecular weight excluding hydrogens is 258 g/mol. The highest BCUT2D eigenvalue weighted by atomic mass is 16.3. The number of furan rings is 1. The predicted molar refractivity (Wildman–Crippen MR) is 84.2 cm³/mol. The molecule has 0 unspecified atom stereocenters. The molecule has 0 atom stereocenters. The summed E-state index contributed by atoms with van der Waals surface area (Å²) in [6.45, 7) is 2.12. The first-order chi connectivity index (χ1) is 10.3. The van der Waals surface area contributed by atoms with Crippen molar-refractivity contribution in [3.8, 4) is 6.07 Å². The van der Waals surface area contributed by atoms with Gasteiger partial charge in [0.05, 0.1) is 0 Å². The van der Waals surface area contributed by atoms with Gasteiger partial charge in [-0.2, -0.15) is 5.26 Å². The summed E-state index contributed by atoms with van der Waals surface area (Å²) in [7, 11) is 0. The maximum absolute atomic E-state index is 9.21. The van der Waals surface area contributed by atoms with Crippen LogP contribution in [0.5, 0.6) is 0 Å². The number of nitrogens with zero attached hydrogens (tertiary/aromatic N) is 1. The molecule has 2 heteroatoms. The standard InChI is InChI=1S/C19H17NO/c1-2-6-16-17-12-15(11-14-7-4-3-5-8-14)9-10-18(17)21-19(16)13-20/h3-5,7-10,12H,2,6,11H2,1H3. The first kappa shape index (κ1) is 13.5. The van der Waals surface area contributed by atoms with Gasteiger partial charge in [-0.15, -0.1) is 0 Å². The SMILES string of the molecule is CCCc1c(C#N)oc2ccc(Cc3ccccc3)cc12. The van der Waals surface area contributed by atoms with E-state index in [1.807, 2.05) is 12.1 Å². The Labute approximate surface area is 124 Å². The molecule has 21 heavy (non-hydrogen) atoms. The van der Waals surface area contributed by atoms with E-state index in [1.54, 1.807) is 0 Å². The molecule has 0 fully saturated rings. The van der Waals surface area contributed by atoms with Crippen LogP contribution in [0.4, 0.5) is 0 Å². The van der Waals surface area contributed by atoms with Crippen LogP contribution in [0, 0.1) is 11.3 Å². The van der Waals surface area contributed by atoms with E-state index in [1.165, 1.54) is 11.1 Å². The fourth-order valence-electron chi connectivity index (χ4n) is 2.73. The molecule has 0 aliphatic rings. The van der Waals surface area contributed by atoms with Crippen LogP contribution in [0.15, 0.2) is 52.9 Å². The topological polar surface area (TPSA) is 36.9 Å². The average Bonchev–Trinajstić information content (AvgIpc) is 2.86. The Hall–Kier alpha value is -2.53. The van der Waals surface area contributed by atoms with Crippen molar-refractivity contribution in [3.05, 3.63) is 71.0 Å². The van der Waals surface area contributed by atoms with Crippen LogP contribution in [0.2, 0.25) is 0 Å². The molecular formula is C19H17NO. The number of fused-ring (bicyclic) bond motifs is 1. The summed E-state index contributed by atoms with van der Waals surface area (Å²) in [4.78, 5) is 0. The summed E-state index contributed by atoms with van der Waals surface area (Å²) < 4.78 is 5.64. The molecule has 2 nitrogen and oxygen atoms in total. The normalized spacial score (nSPS) is 10.7. The van der Waals surface area contributed by atoms with E-state index in [9.17, 15) is 5.26 Å². The van der Waals surface area contributed by atoms with Crippen molar-refractivity contribution in [1.82, 2.24) is 0 Å². The van der Waals surface area contributed by atoms with Gasteiger partial charge in [-0.3, -0.25) is 0 Å². The van der Waals surface area contributed by atoms with Crippen LogP contribution >= 0.6 is 0 Å². The molecule has 3 aromatic rings. The third-order valence-corrected chi connectivity index (χ3v) is 3.71. The van der Waals surface area contributed by atoms with E-state index in [2.05, 4.69) is 49.4 Å². The van der Waals surface area contributed by atoms with Crippen molar-refractivity contribution < 1.29 is 4.42 Å². The molecule has 1 aromatic heterocycles. The maximum Gasteiger partial charge on any atom is 0.207 e. The van der Waals surface area contributed by atoms with Gasteiger partial charge in [0.25, 0.3) is 0 Å². The lowest BCUT2D eigenvalue weighted by Crippen LogP contribution is -1.89. The Balaban J connectivity index is 2.03. The molecule has 0 N–H and O–H groups in total. The predicted octanol–water partition coefficient (Wildman–Crippen LogP) is 4.85. The minimum atomic E-state index is 0.462. The van der Waals surface area contributed by atoms with Gasteiger partial charge in [0.1, 0.15) is 11.7 Å². The maximum atomic E-state index is 9.21. The molecule has 0 saturated heterocycles. The minimum Gasteiger partial charge on any atom is -0.445 e. The summed E-state index contributed by atoms with van der Waals surface area (Å²) in [5.74, 6) is 0.462. The van der Waals surface area contributed by atoms with Crippen LogP contribution in [0.1, 0.15) is 35.8 Å². The van der Waals surface area contributed by atoms with Crippen LogP contribution in [0.25, 0.3) is 11.0 Å². The monoisotopic (exact) mass is 275 g/mol. The first-order valence-electron chi connectivity index (χ1n) is 7.30. The summed E-state index contributed by atoms with van der Waals surface area (Å²) >= 11 is 0. The van der Waals surface area contributed by atoms with Crippen LogP contribution < -0.4 is 0 Å². The number of hydrogen-bond acceptors (Lipinski definition) is 2. The van der Waals surface area contributed by atoms with Crippen LogP contribution in [-0.2, 0) is 12.8 Å². The molecule has 104 valence electrons. The largest absolute Gasteiger partial charge is 0.445 e. The summed E-state index contributed by atoms with van der Waals surface area (Å²) in [5, 5.41) is 10.3. The van der Waals surface area contributed by atoms with Crippen molar-refractivity contribution in [2.24, 2.45) is 0 Å². The molecule has 0 saturated carbocycles. The lowest BCUT2D eigenvalue weighted by Gasteiger charge is -2.03. The van der Waals surface area contributed by atoms with Crippen molar-refractivity contribution in [3.63, 3.8) is 0 Å².